The zero-order chi connectivity index (χ0) is 18.1. The van der Waals surface area contributed by atoms with Gasteiger partial charge in [0, 0.05) is 13.2 Å². The molecule has 0 amide bonds. The highest BCUT2D eigenvalue weighted by atomic mass is 16.7. The van der Waals surface area contributed by atoms with Gasteiger partial charge in [0.25, 0.3) is 0 Å². The summed E-state index contributed by atoms with van der Waals surface area (Å²) in [4.78, 5) is 12.2. The molecule has 0 aromatic rings. The van der Waals surface area contributed by atoms with Crippen molar-refractivity contribution in [1.82, 2.24) is 0 Å². The first kappa shape index (κ1) is 20.6. The topological polar surface area (TPSA) is 63.2 Å². The quantitative estimate of drug-likeness (QED) is 0.589. The van der Waals surface area contributed by atoms with Crippen LogP contribution in [0.5, 0.6) is 0 Å². The van der Waals surface area contributed by atoms with Crippen molar-refractivity contribution >= 4 is 5.97 Å². The molecular formula is C19H34O6. The van der Waals surface area contributed by atoms with Crippen LogP contribution in [-0.4, -0.2) is 51.1 Å². The fourth-order valence-corrected chi connectivity index (χ4v) is 2.73. The second-order valence-corrected chi connectivity index (χ2v) is 7.52. The SMILES string of the molecule is CCC(C)(C)C(=O)OCC(COC1CCCCO1)OC1CCCCO1. The first-order chi connectivity index (χ1) is 12.0. The normalized spacial score (nSPS) is 26.2. The van der Waals surface area contributed by atoms with E-state index in [2.05, 4.69) is 0 Å². The van der Waals surface area contributed by atoms with Gasteiger partial charge in [-0.2, -0.15) is 0 Å². The Balaban J connectivity index is 1.82. The summed E-state index contributed by atoms with van der Waals surface area (Å²) in [5.74, 6) is -0.206. The predicted octanol–water partition coefficient (Wildman–Crippen LogP) is 3.42. The molecule has 0 bridgehead atoms. The molecular weight excluding hydrogens is 324 g/mol. The van der Waals surface area contributed by atoms with Crippen molar-refractivity contribution in [2.75, 3.05) is 26.4 Å². The van der Waals surface area contributed by atoms with Crippen LogP contribution in [0.15, 0.2) is 0 Å². The highest BCUT2D eigenvalue weighted by Crippen LogP contribution is 2.22. The Kier molecular flexibility index (Phi) is 8.62. The molecule has 0 N–H and O–H groups in total. The summed E-state index contributed by atoms with van der Waals surface area (Å²) >= 11 is 0. The fraction of sp³-hybridized carbons (Fsp3) is 0.947. The highest BCUT2D eigenvalue weighted by molar-refractivity contribution is 5.75. The fourth-order valence-electron chi connectivity index (χ4n) is 2.73. The molecule has 2 aliphatic rings. The smallest absolute Gasteiger partial charge is 0.311 e. The molecule has 2 fully saturated rings. The summed E-state index contributed by atoms with van der Waals surface area (Å²) < 4.78 is 28.6. The Labute approximate surface area is 151 Å². The molecule has 3 atom stereocenters. The number of carbonyl (C=O) groups excluding carboxylic acids is 1. The summed E-state index contributed by atoms with van der Waals surface area (Å²) in [7, 11) is 0. The predicted molar refractivity (Wildman–Crippen MR) is 93.0 cm³/mol. The standard InChI is InChI=1S/C19H34O6/c1-4-19(2,3)18(20)24-14-15(25-17-10-6-8-12-22-17)13-23-16-9-5-7-11-21-16/h15-17H,4-14H2,1-3H3. The molecule has 146 valence electrons. The largest absolute Gasteiger partial charge is 0.462 e. The van der Waals surface area contributed by atoms with Crippen LogP contribution in [-0.2, 0) is 28.5 Å². The Morgan fingerprint density at radius 3 is 2.24 bits per heavy atom. The van der Waals surface area contributed by atoms with Crippen molar-refractivity contribution in [2.45, 2.75) is 84.4 Å². The maximum absolute atomic E-state index is 12.2. The molecule has 25 heavy (non-hydrogen) atoms. The van der Waals surface area contributed by atoms with Crippen LogP contribution in [0.25, 0.3) is 0 Å². The average molecular weight is 358 g/mol. The van der Waals surface area contributed by atoms with Crippen LogP contribution < -0.4 is 0 Å². The lowest BCUT2D eigenvalue weighted by Crippen LogP contribution is -2.37. The monoisotopic (exact) mass is 358 g/mol. The minimum atomic E-state index is -0.487. The molecule has 2 aliphatic heterocycles. The lowest BCUT2D eigenvalue weighted by molar-refractivity contribution is -0.231. The third-order valence-electron chi connectivity index (χ3n) is 4.92. The van der Waals surface area contributed by atoms with E-state index in [1.54, 1.807) is 0 Å². The molecule has 3 unspecified atom stereocenters. The van der Waals surface area contributed by atoms with Crippen molar-refractivity contribution in [3.8, 4) is 0 Å². The maximum atomic E-state index is 12.2. The first-order valence-electron chi connectivity index (χ1n) is 9.69. The molecule has 6 nitrogen and oxygen atoms in total. The zero-order valence-electron chi connectivity index (χ0n) is 16.0. The van der Waals surface area contributed by atoms with Crippen molar-refractivity contribution < 1.29 is 28.5 Å². The molecule has 2 heterocycles. The van der Waals surface area contributed by atoms with Gasteiger partial charge in [-0.25, -0.2) is 0 Å². The average Bonchev–Trinajstić information content (AvgIpc) is 2.65. The highest BCUT2D eigenvalue weighted by Gasteiger charge is 2.29. The van der Waals surface area contributed by atoms with E-state index in [-0.39, 0.29) is 31.3 Å². The van der Waals surface area contributed by atoms with E-state index in [0.29, 0.717) is 13.2 Å². The molecule has 2 saturated heterocycles. The van der Waals surface area contributed by atoms with Gasteiger partial charge in [-0.3, -0.25) is 4.79 Å². The van der Waals surface area contributed by atoms with Gasteiger partial charge in [0.2, 0.25) is 0 Å². The van der Waals surface area contributed by atoms with E-state index in [9.17, 15) is 4.79 Å². The van der Waals surface area contributed by atoms with E-state index in [0.717, 1.165) is 51.6 Å². The Morgan fingerprint density at radius 1 is 1.04 bits per heavy atom. The van der Waals surface area contributed by atoms with Crippen LogP contribution in [0.4, 0.5) is 0 Å². The Hall–Kier alpha value is -0.690. The Morgan fingerprint density at radius 2 is 1.68 bits per heavy atom. The summed E-state index contributed by atoms with van der Waals surface area (Å²) in [5.41, 5.74) is -0.487. The number of hydrogen-bond acceptors (Lipinski definition) is 6. The number of carbonyl (C=O) groups is 1. The summed E-state index contributed by atoms with van der Waals surface area (Å²) in [6.45, 7) is 7.73. The minimum absolute atomic E-state index is 0.175. The Bertz CT molecular complexity index is 385. The summed E-state index contributed by atoms with van der Waals surface area (Å²) in [6.07, 6.45) is 6.08. The van der Waals surface area contributed by atoms with Crippen molar-refractivity contribution in [2.24, 2.45) is 5.41 Å². The van der Waals surface area contributed by atoms with Gasteiger partial charge in [-0.05, 0) is 58.8 Å². The van der Waals surface area contributed by atoms with Gasteiger partial charge >= 0.3 is 5.97 Å². The lowest BCUT2D eigenvalue weighted by atomic mass is 9.91. The van der Waals surface area contributed by atoms with Crippen molar-refractivity contribution in [3.63, 3.8) is 0 Å². The molecule has 0 aliphatic carbocycles. The van der Waals surface area contributed by atoms with Crippen LogP contribution >= 0.6 is 0 Å². The van der Waals surface area contributed by atoms with Gasteiger partial charge in [0.1, 0.15) is 12.7 Å². The van der Waals surface area contributed by atoms with Gasteiger partial charge in [0.05, 0.1) is 12.0 Å². The van der Waals surface area contributed by atoms with E-state index < -0.39 is 5.41 Å². The minimum Gasteiger partial charge on any atom is -0.462 e. The molecule has 0 aromatic carbocycles. The van der Waals surface area contributed by atoms with Gasteiger partial charge in [-0.1, -0.05) is 6.92 Å². The van der Waals surface area contributed by atoms with Crippen LogP contribution in [0.3, 0.4) is 0 Å². The molecule has 2 rings (SSSR count). The van der Waals surface area contributed by atoms with Crippen molar-refractivity contribution in [3.05, 3.63) is 0 Å². The van der Waals surface area contributed by atoms with Crippen LogP contribution in [0, 0.1) is 5.41 Å². The maximum Gasteiger partial charge on any atom is 0.311 e. The number of rotatable bonds is 9. The molecule has 0 saturated carbocycles. The van der Waals surface area contributed by atoms with Gasteiger partial charge in [-0.15, -0.1) is 0 Å². The van der Waals surface area contributed by atoms with Crippen LogP contribution in [0.2, 0.25) is 0 Å². The third-order valence-corrected chi connectivity index (χ3v) is 4.92. The third kappa shape index (κ3) is 7.21. The lowest BCUT2D eigenvalue weighted by Gasteiger charge is -2.30. The van der Waals surface area contributed by atoms with Crippen molar-refractivity contribution in [1.29, 1.82) is 0 Å². The molecule has 0 aromatic heterocycles. The van der Waals surface area contributed by atoms with E-state index in [1.165, 1.54) is 0 Å². The first-order valence-corrected chi connectivity index (χ1v) is 9.69. The van der Waals surface area contributed by atoms with E-state index in [1.807, 2.05) is 20.8 Å². The molecule has 0 radical (unpaired) electrons. The molecule has 0 spiro atoms. The number of esters is 1. The zero-order valence-corrected chi connectivity index (χ0v) is 16.0. The second kappa shape index (κ2) is 10.5. The van der Waals surface area contributed by atoms with Crippen LogP contribution in [0.1, 0.15) is 65.7 Å². The number of ether oxygens (including phenoxy) is 5. The van der Waals surface area contributed by atoms with Gasteiger partial charge < -0.3 is 23.7 Å². The summed E-state index contributed by atoms with van der Waals surface area (Å²) in [5, 5.41) is 0. The number of hydrogen-bond donors (Lipinski definition) is 0. The molecule has 6 heteroatoms. The summed E-state index contributed by atoms with van der Waals surface area (Å²) in [6, 6.07) is 0. The van der Waals surface area contributed by atoms with E-state index >= 15 is 0 Å². The van der Waals surface area contributed by atoms with Gasteiger partial charge in [0.15, 0.2) is 12.6 Å². The second-order valence-electron chi connectivity index (χ2n) is 7.52. The van der Waals surface area contributed by atoms with E-state index in [4.69, 9.17) is 23.7 Å².